The largest absolute Gasteiger partial charge is 0.483 e. The van der Waals surface area contributed by atoms with Crippen LogP contribution in [0.5, 0.6) is 5.75 Å². The number of aryl methyl sites for hydroxylation is 1. The fraction of sp³-hybridized carbons (Fsp3) is 0.217. The molecule has 0 heterocycles. The summed E-state index contributed by atoms with van der Waals surface area (Å²) in [6.07, 6.45) is 0. The van der Waals surface area contributed by atoms with Crippen LogP contribution in [0.2, 0.25) is 0 Å². The molecule has 3 aromatic carbocycles. The SMILES string of the molecule is Cc1cccc([S+](c2ccccc2)c2ccccc2)c1OC(C)(C)C. The zero-order valence-corrected chi connectivity index (χ0v) is 16.1. The van der Waals surface area contributed by atoms with E-state index in [1.807, 2.05) is 0 Å². The van der Waals surface area contributed by atoms with Gasteiger partial charge in [-0.1, -0.05) is 48.5 Å². The van der Waals surface area contributed by atoms with E-state index in [0.29, 0.717) is 0 Å². The number of rotatable bonds is 4. The summed E-state index contributed by atoms with van der Waals surface area (Å²) in [6, 6.07) is 27.9. The number of para-hydroxylation sites is 1. The monoisotopic (exact) mass is 349 g/mol. The number of ether oxygens (including phenoxy) is 1. The molecule has 0 radical (unpaired) electrons. The van der Waals surface area contributed by atoms with E-state index in [-0.39, 0.29) is 16.5 Å². The van der Waals surface area contributed by atoms with E-state index < -0.39 is 0 Å². The van der Waals surface area contributed by atoms with Crippen LogP contribution in [0.15, 0.2) is 93.5 Å². The Morgan fingerprint density at radius 3 is 1.68 bits per heavy atom. The van der Waals surface area contributed by atoms with Crippen LogP contribution in [-0.4, -0.2) is 5.60 Å². The maximum Gasteiger partial charge on any atom is 0.208 e. The molecule has 1 nitrogen and oxygen atoms in total. The minimum atomic E-state index is -0.233. The molecule has 0 atom stereocenters. The van der Waals surface area contributed by atoms with Crippen LogP contribution < -0.4 is 4.74 Å². The van der Waals surface area contributed by atoms with E-state index in [2.05, 4.69) is 107 Å². The molecule has 0 aromatic heterocycles. The van der Waals surface area contributed by atoms with Crippen LogP contribution in [0, 0.1) is 6.92 Å². The van der Waals surface area contributed by atoms with E-state index in [1.165, 1.54) is 20.2 Å². The molecule has 25 heavy (non-hydrogen) atoms. The Bertz CT molecular complexity index is 780. The average molecular weight is 350 g/mol. The Morgan fingerprint density at radius 1 is 0.680 bits per heavy atom. The lowest BCUT2D eigenvalue weighted by atomic mass is 10.1. The van der Waals surface area contributed by atoms with Gasteiger partial charge in [-0.3, -0.25) is 0 Å². The van der Waals surface area contributed by atoms with Crippen LogP contribution in [0.25, 0.3) is 0 Å². The maximum absolute atomic E-state index is 6.39. The summed E-state index contributed by atoms with van der Waals surface area (Å²) >= 11 is 0. The quantitative estimate of drug-likeness (QED) is 0.505. The first kappa shape index (κ1) is 17.6. The van der Waals surface area contributed by atoms with Gasteiger partial charge in [0.25, 0.3) is 0 Å². The minimum absolute atomic E-state index is 0.196. The molecule has 128 valence electrons. The summed E-state index contributed by atoms with van der Waals surface area (Å²) in [5.74, 6) is 1.01. The summed E-state index contributed by atoms with van der Waals surface area (Å²) in [4.78, 5) is 3.85. The Labute approximate surface area is 154 Å². The van der Waals surface area contributed by atoms with Gasteiger partial charge in [0, 0.05) is 0 Å². The third kappa shape index (κ3) is 4.26. The Balaban J connectivity index is 2.20. The van der Waals surface area contributed by atoms with Gasteiger partial charge in [0.15, 0.2) is 15.5 Å². The van der Waals surface area contributed by atoms with Gasteiger partial charge >= 0.3 is 0 Å². The van der Waals surface area contributed by atoms with Crippen molar-refractivity contribution in [2.24, 2.45) is 0 Å². The summed E-state index contributed by atoms with van der Waals surface area (Å²) in [7, 11) is -0.196. The standard InChI is InChI=1S/C23H25OS/c1-18-12-11-17-21(22(18)24-23(2,3)4)25(19-13-7-5-8-14-19)20-15-9-6-10-16-20/h5-17H,1-4H3/q+1. The maximum atomic E-state index is 6.39. The molecule has 0 aliphatic heterocycles. The van der Waals surface area contributed by atoms with E-state index in [9.17, 15) is 0 Å². The zero-order chi connectivity index (χ0) is 17.9. The Kier molecular flexibility index (Phi) is 5.19. The zero-order valence-electron chi connectivity index (χ0n) is 15.3. The highest BCUT2D eigenvalue weighted by molar-refractivity contribution is 7.97. The Morgan fingerprint density at radius 2 is 1.20 bits per heavy atom. The van der Waals surface area contributed by atoms with Crippen LogP contribution in [0.1, 0.15) is 26.3 Å². The molecule has 0 bridgehead atoms. The predicted octanol–water partition coefficient (Wildman–Crippen LogP) is 6.27. The molecule has 0 fully saturated rings. The highest BCUT2D eigenvalue weighted by Crippen LogP contribution is 2.39. The molecule has 0 aliphatic rings. The molecule has 0 unspecified atom stereocenters. The van der Waals surface area contributed by atoms with Crippen molar-refractivity contribution in [3.05, 3.63) is 84.4 Å². The average Bonchev–Trinajstić information content (AvgIpc) is 2.59. The predicted molar refractivity (Wildman–Crippen MR) is 107 cm³/mol. The number of benzene rings is 3. The molecule has 0 spiro atoms. The molecule has 2 heteroatoms. The van der Waals surface area contributed by atoms with Gasteiger partial charge in [0.1, 0.15) is 16.5 Å². The van der Waals surface area contributed by atoms with Crippen molar-refractivity contribution < 1.29 is 4.74 Å². The smallest absolute Gasteiger partial charge is 0.208 e. The molecular formula is C23H25OS+. The lowest BCUT2D eigenvalue weighted by Gasteiger charge is -2.24. The van der Waals surface area contributed by atoms with Gasteiger partial charge in [-0.25, -0.2) is 0 Å². The van der Waals surface area contributed by atoms with E-state index in [4.69, 9.17) is 4.74 Å². The van der Waals surface area contributed by atoms with Crippen LogP contribution in [-0.2, 0) is 10.9 Å². The lowest BCUT2D eigenvalue weighted by molar-refractivity contribution is 0.125. The van der Waals surface area contributed by atoms with Crippen molar-refractivity contribution in [1.29, 1.82) is 0 Å². The van der Waals surface area contributed by atoms with Gasteiger partial charge < -0.3 is 4.74 Å². The van der Waals surface area contributed by atoms with Gasteiger partial charge in [-0.05, 0) is 63.6 Å². The molecular weight excluding hydrogens is 324 g/mol. The fourth-order valence-corrected chi connectivity index (χ4v) is 4.97. The molecule has 0 N–H and O–H groups in total. The molecule has 0 saturated heterocycles. The molecule has 3 rings (SSSR count). The van der Waals surface area contributed by atoms with Gasteiger partial charge in [0.2, 0.25) is 4.90 Å². The van der Waals surface area contributed by atoms with Crippen molar-refractivity contribution in [3.63, 3.8) is 0 Å². The van der Waals surface area contributed by atoms with Crippen molar-refractivity contribution in [2.45, 2.75) is 48.0 Å². The molecule has 0 aliphatic carbocycles. The van der Waals surface area contributed by atoms with Crippen LogP contribution in [0.3, 0.4) is 0 Å². The van der Waals surface area contributed by atoms with Crippen LogP contribution >= 0.6 is 0 Å². The van der Waals surface area contributed by atoms with Gasteiger partial charge in [0.05, 0.1) is 0 Å². The van der Waals surface area contributed by atoms with Crippen molar-refractivity contribution in [3.8, 4) is 5.75 Å². The summed E-state index contributed by atoms with van der Waals surface area (Å²) in [5.41, 5.74) is 0.945. The van der Waals surface area contributed by atoms with Crippen molar-refractivity contribution in [2.75, 3.05) is 0 Å². The van der Waals surface area contributed by atoms with Gasteiger partial charge in [-0.2, -0.15) is 0 Å². The third-order valence-electron chi connectivity index (χ3n) is 3.76. The normalized spacial score (nSPS) is 11.6. The van der Waals surface area contributed by atoms with E-state index in [0.717, 1.165) is 5.75 Å². The van der Waals surface area contributed by atoms with Crippen LogP contribution in [0.4, 0.5) is 0 Å². The molecule has 3 aromatic rings. The van der Waals surface area contributed by atoms with Crippen molar-refractivity contribution >= 4 is 10.9 Å². The van der Waals surface area contributed by atoms with E-state index in [1.54, 1.807) is 0 Å². The summed E-state index contributed by atoms with van der Waals surface area (Å²) in [6.45, 7) is 8.44. The highest BCUT2D eigenvalue weighted by Gasteiger charge is 2.33. The highest BCUT2D eigenvalue weighted by atomic mass is 32.2. The third-order valence-corrected chi connectivity index (χ3v) is 6.01. The molecule has 0 amide bonds. The van der Waals surface area contributed by atoms with E-state index >= 15 is 0 Å². The summed E-state index contributed by atoms with van der Waals surface area (Å²) < 4.78 is 6.39. The second kappa shape index (κ2) is 7.37. The topological polar surface area (TPSA) is 9.23 Å². The first-order chi connectivity index (χ1) is 12.0. The number of hydrogen-bond acceptors (Lipinski definition) is 1. The fourth-order valence-electron chi connectivity index (χ4n) is 2.73. The first-order valence-corrected chi connectivity index (χ1v) is 9.81. The first-order valence-electron chi connectivity index (χ1n) is 8.59. The lowest BCUT2D eigenvalue weighted by Crippen LogP contribution is -2.24. The second-order valence-electron chi connectivity index (χ2n) is 7.05. The van der Waals surface area contributed by atoms with Crippen molar-refractivity contribution in [1.82, 2.24) is 0 Å². The molecule has 0 saturated carbocycles. The van der Waals surface area contributed by atoms with Gasteiger partial charge in [-0.15, -0.1) is 0 Å². The summed E-state index contributed by atoms with van der Waals surface area (Å²) in [5, 5.41) is 0. The number of hydrogen-bond donors (Lipinski definition) is 0. The minimum Gasteiger partial charge on any atom is -0.483 e. The Hall–Kier alpha value is -2.19. The second-order valence-corrected chi connectivity index (χ2v) is 9.04.